The summed E-state index contributed by atoms with van der Waals surface area (Å²) in [5.41, 5.74) is 5.78. The first-order valence-corrected chi connectivity index (χ1v) is 11.0. The van der Waals surface area contributed by atoms with E-state index in [0.717, 1.165) is 6.07 Å². The molecule has 0 bridgehead atoms. The number of nitrogens with zero attached hydrogens (tertiary/aromatic N) is 3. The third-order valence-electron chi connectivity index (χ3n) is 6.16. The Morgan fingerprint density at radius 2 is 1.97 bits per heavy atom. The highest BCUT2D eigenvalue weighted by molar-refractivity contribution is 6.03. The summed E-state index contributed by atoms with van der Waals surface area (Å²) in [6.45, 7) is 3.92. The van der Waals surface area contributed by atoms with E-state index in [9.17, 15) is 18.4 Å². The van der Waals surface area contributed by atoms with Crippen molar-refractivity contribution in [3.8, 4) is 11.3 Å². The lowest BCUT2D eigenvalue weighted by molar-refractivity contribution is -0.115. The van der Waals surface area contributed by atoms with Gasteiger partial charge in [0.25, 0.3) is 5.91 Å². The molecule has 3 aromatic heterocycles. The molecule has 182 valence electrons. The number of aromatic nitrogens is 3. The molecular weight excluding hydrogens is 458 g/mol. The third-order valence-corrected chi connectivity index (χ3v) is 6.16. The molecule has 3 aromatic rings. The van der Waals surface area contributed by atoms with Gasteiger partial charge in [-0.3, -0.25) is 14.6 Å². The largest absolute Gasteiger partial charge is 0.384 e. The van der Waals surface area contributed by atoms with Gasteiger partial charge in [-0.2, -0.15) is 4.39 Å². The summed E-state index contributed by atoms with van der Waals surface area (Å²) < 4.78 is 34.8. The van der Waals surface area contributed by atoms with Crippen LogP contribution in [-0.2, 0) is 9.53 Å². The summed E-state index contributed by atoms with van der Waals surface area (Å²) in [6.07, 6.45) is 3.65. The predicted molar refractivity (Wildman–Crippen MR) is 124 cm³/mol. The van der Waals surface area contributed by atoms with E-state index in [0.29, 0.717) is 24.1 Å². The van der Waals surface area contributed by atoms with E-state index in [1.54, 1.807) is 12.3 Å². The van der Waals surface area contributed by atoms with Crippen LogP contribution in [0, 0.1) is 17.7 Å². The fourth-order valence-corrected chi connectivity index (χ4v) is 4.08. The predicted octanol–water partition coefficient (Wildman–Crippen LogP) is 3.25. The molecule has 4 N–H and O–H groups in total. The van der Waals surface area contributed by atoms with Crippen LogP contribution in [0.2, 0.25) is 0 Å². The molecule has 11 heteroatoms. The van der Waals surface area contributed by atoms with Gasteiger partial charge in [-0.15, -0.1) is 0 Å². The van der Waals surface area contributed by atoms with Gasteiger partial charge in [0.2, 0.25) is 12.4 Å². The van der Waals surface area contributed by atoms with E-state index in [4.69, 9.17) is 10.5 Å². The van der Waals surface area contributed by atoms with Crippen molar-refractivity contribution in [3.63, 3.8) is 0 Å². The number of halogens is 2. The molecule has 4 rings (SSSR count). The molecule has 9 nitrogen and oxygen atoms in total. The summed E-state index contributed by atoms with van der Waals surface area (Å²) in [7, 11) is 0. The summed E-state index contributed by atoms with van der Waals surface area (Å²) in [6, 6.07) is 6.39. The lowest BCUT2D eigenvalue weighted by atomic mass is 9.86. The Kier molecular flexibility index (Phi) is 6.97. The van der Waals surface area contributed by atoms with Crippen molar-refractivity contribution >= 4 is 23.8 Å². The molecule has 1 aliphatic rings. The van der Waals surface area contributed by atoms with E-state index in [2.05, 4.69) is 25.6 Å². The van der Waals surface area contributed by atoms with Gasteiger partial charge in [0.15, 0.2) is 0 Å². The minimum atomic E-state index is -1.00. The molecule has 0 spiro atoms. The lowest BCUT2D eigenvalue weighted by Gasteiger charge is -2.39. The van der Waals surface area contributed by atoms with Gasteiger partial charge in [-0.05, 0) is 43.7 Å². The number of anilines is 2. The molecule has 1 fully saturated rings. The van der Waals surface area contributed by atoms with Crippen LogP contribution >= 0.6 is 0 Å². The third kappa shape index (κ3) is 5.09. The number of carbonyl (C=O) groups is 2. The van der Waals surface area contributed by atoms with E-state index < -0.39 is 23.8 Å². The van der Waals surface area contributed by atoms with Crippen molar-refractivity contribution in [2.24, 2.45) is 5.92 Å². The van der Waals surface area contributed by atoms with Crippen LogP contribution in [0.5, 0.6) is 0 Å². The highest BCUT2D eigenvalue weighted by atomic mass is 19.1. The standard InChI is InChI=1S/C24H24F2N6O3/c1-12-13(2)35-20(9-18(12)29-11-33)14-7-8-28-10-19(14)31-24(34)17-5-4-16(25)22(30-17)15-3-6-21(27)32-23(15)26/h3-8,10-13,18,20H,9H2,1-2H3,(H2,27,32)(H,29,33)(H,31,34). The Balaban J connectivity index is 1.61. The Morgan fingerprint density at radius 3 is 2.71 bits per heavy atom. The molecule has 4 heterocycles. The summed E-state index contributed by atoms with van der Waals surface area (Å²) in [5, 5.41) is 5.57. The van der Waals surface area contributed by atoms with Crippen LogP contribution in [0.25, 0.3) is 11.3 Å². The van der Waals surface area contributed by atoms with E-state index in [1.807, 2.05) is 13.8 Å². The molecule has 35 heavy (non-hydrogen) atoms. The number of pyridine rings is 3. The van der Waals surface area contributed by atoms with Gasteiger partial charge in [0, 0.05) is 23.7 Å². The zero-order valence-corrected chi connectivity index (χ0v) is 19.0. The zero-order chi connectivity index (χ0) is 25.1. The van der Waals surface area contributed by atoms with Crippen molar-refractivity contribution in [2.75, 3.05) is 11.1 Å². The minimum absolute atomic E-state index is 0.0658. The van der Waals surface area contributed by atoms with Gasteiger partial charge in [0.1, 0.15) is 23.0 Å². The second-order valence-corrected chi connectivity index (χ2v) is 8.33. The SMILES string of the molecule is CC1OC(c2ccncc2NC(=O)c2ccc(F)c(-c3ccc(N)nc3F)n2)CC(NC=O)C1C. The fraction of sp³-hybridized carbons (Fsp3) is 0.292. The average molecular weight is 482 g/mol. The van der Waals surface area contributed by atoms with Crippen molar-refractivity contribution in [2.45, 2.75) is 38.5 Å². The topological polar surface area (TPSA) is 132 Å². The molecular formula is C24H24F2N6O3. The number of ether oxygens (including phenoxy) is 1. The zero-order valence-electron chi connectivity index (χ0n) is 19.0. The molecule has 2 amide bonds. The van der Waals surface area contributed by atoms with E-state index in [-0.39, 0.29) is 40.8 Å². The first-order chi connectivity index (χ1) is 16.8. The summed E-state index contributed by atoms with van der Waals surface area (Å²) >= 11 is 0. The monoisotopic (exact) mass is 482 g/mol. The fourth-order valence-electron chi connectivity index (χ4n) is 4.08. The van der Waals surface area contributed by atoms with Crippen molar-refractivity contribution in [1.29, 1.82) is 0 Å². The smallest absolute Gasteiger partial charge is 0.274 e. The van der Waals surface area contributed by atoms with Crippen LogP contribution in [0.3, 0.4) is 0 Å². The number of hydrogen-bond donors (Lipinski definition) is 3. The lowest BCUT2D eigenvalue weighted by Crippen LogP contribution is -2.45. The van der Waals surface area contributed by atoms with Crippen LogP contribution in [0.4, 0.5) is 20.3 Å². The number of carbonyl (C=O) groups excluding carboxylic acids is 2. The Hall–Kier alpha value is -3.99. The number of nitrogen functional groups attached to an aromatic ring is 1. The molecule has 1 saturated heterocycles. The maximum Gasteiger partial charge on any atom is 0.274 e. The number of nitrogens with one attached hydrogen (secondary N) is 2. The van der Waals surface area contributed by atoms with Crippen LogP contribution in [0.1, 0.15) is 42.4 Å². The molecule has 0 aromatic carbocycles. The van der Waals surface area contributed by atoms with Crippen molar-refractivity contribution in [3.05, 3.63) is 65.7 Å². The van der Waals surface area contributed by atoms with Gasteiger partial charge in [-0.1, -0.05) is 6.92 Å². The van der Waals surface area contributed by atoms with E-state index in [1.165, 1.54) is 24.4 Å². The van der Waals surface area contributed by atoms with Crippen LogP contribution in [0.15, 0.2) is 42.7 Å². The number of nitrogens with two attached hydrogens (primary N) is 1. The molecule has 1 aliphatic heterocycles. The Labute approximate surface area is 200 Å². The van der Waals surface area contributed by atoms with Gasteiger partial charge in [0.05, 0.1) is 29.7 Å². The first-order valence-electron chi connectivity index (χ1n) is 11.0. The first kappa shape index (κ1) is 24.1. The van der Waals surface area contributed by atoms with Crippen molar-refractivity contribution < 1.29 is 23.1 Å². The van der Waals surface area contributed by atoms with E-state index >= 15 is 0 Å². The minimum Gasteiger partial charge on any atom is -0.384 e. The number of rotatable bonds is 6. The molecule has 4 unspecified atom stereocenters. The molecule has 0 radical (unpaired) electrons. The second-order valence-electron chi connectivity index (χ2n) is 8.33. The Morgan fingerprint density at radius 1 is 1.17 bits per heavy atom. The number of hydrogen-bond acceptors (Lipinski definition) is 7. The van der Waals surface area contributed by atoms with Crippen molar-refractivity contribution in [1.82, 2.24) is 20.3 Å². The molecule has 0 aliphatic carbocycles. The quantitative estimate of drug-likeness (QED) is 0.363. The Bertz CT molecular complexity index is 1260. The second kappa shape index (κ2) is 10.1. The normalized spacial score (nSPS) is 21.8. The van der Waals surface area contributed by atoms with Crippen LogP contribution in [-0.4, -0.2) is 39.4 Å². The van der Waals surface area contributed by atoms with Gasteiger partial charge >= 0.3 is 0 Å². The molecule has 0 saturated carbocycles. The van der Waals surface area contributed by atoms with Crippen LogP contribution < -0.4 is 16.4 Å². The average Bonchev–Trinajstić information content (AvgIpc) is 2.83. The highest BCUT2D eigenvalue weighted by Gasteiger charge is 2.35. The molecule has 4 atom stereocenters. The van der Waals surface area contributed by atoms with Gasteiger partial charge in [-0.25, -0.2) is 14.4 Å². The number of amides is 2. The maximum absolute atomic E-state index is 14.4. The maximum atomic E-state index is 14.4. The van der Waals surface area contributed by atoms with Gasteiger partial charge < -0.3 is 21.1 Å². The highest BCUT2D eigenvalue weighted by Crippen LogP contribution is 2.37. The summed E-state index contributed by atoms with van der Waals surface area (Å²) in [5.74, 6) is -2.43. The summed E-state index contributed by atoms with van der Waals surface area (Å²) in [4.78, 5) is 35.6.